The van der Waals surface area contributed by atoms with Gasteiger partial charge in [-0.05, 0) is 23.6 Å². The van der Waals surface area contributed by atoms with Crippen molar-refractivity contribution in [2.45, 2.75) is 64.1 Å². The van der Waals surface area contributed by atoms with E-state index in [1.165, 1.54) is 6.92 Å². The van der Waals surface area contributed by atoms with Crippen molar-refractivity contribution >= 4 is 5.91 Å². The van der Waals surface area contributed by atoms with Crippen LogP contribution in [0.3, 0.4) is 0 Å². The molecular weight excluding hydrogens is 454 g/mol. The third-order valence-electron chi connectivity index (χ3n) is 6.27. The quantitative estimate of drug-likeness (QED) is 0.424. The van der Waals surface area contributed by atoms with Gasteiger partial charge >= 0.3 is 0 Å². The maximum Gasteiger partial charge on any atom is 0.217 e. The minimum atomic E-state index is -0.447. The first-order valence-electron chi connectivity index (χ1n) is 12.5. The second-order valence-electron chi connectivity index (χ2n) is 9.13. The number of nitrogens with one attached hydrogen (secondary N) is 1. The Balaban J connectivity index is 1.53. The van der Waals surface area contributed by atoms with Crippen LogP contribution in [0, 0.1) is 0 Å². The highest BCUT2D eigenvalue weighted by atomic mass is 16.6. The van der Waals surface area contributed by atoms with Crippen LogP contribution in [-0.2, 0) is 43.6 Å². The van der Waals surface area contributed by atoms with E-state index in [2.05, 4.69) is 5.32 Å². The zero-order chi connectivity index (χ0) is 25.2. The topological polar surface area (TPSA) is 66.0 Å². The maximum absolute atomic E-state index is 12.1. The summed E-state index contributed by atoms with van der Waals surface area (Å²) in [5.41, 5.74) is 3.20. The lowest BCUT2D eigenvalue weighted by Gasteiger charge is -2.45. The highest BCUT2D eigenvalue weighted by Crippen LogP contribution is 2.28. The van der Waals surface area contributed by atoms with E-state index in [-0.39, 0.29) is 24.2 Å². The second-order valence-corrected chi connectivity index (χ2v) is 9.13. The van der Waals surface area contributed by atoms with Crippen LogP contribution in [0.5, 0.6) is 0 Å². The zero-order valence-corrected chi connectivity index (χ0v) is 20.9. The lowest BCUT2D eigenvalue weighted by molar-refractivity contribution is -0.229. The summed E-state index contributed by atoms with van der Waals surface area (Å²) in [6, 6.07) is 29.7. The molecule has 0 aromatic heterocycles. The number of benzene rings is 3. The fraction of sp³-hybridized carbons (Fsp3) is 0.367. The Kier molecular flexibility index (Phi) is 9.64. The minimum absolute atomic E-state index is 0.135. The van der Waals surface area contributed by atoms with Crippen LogP contribution < -0.4 is 5.32 Å². The van der Waals surface area contributed by atoms with Crippen molar-refractivity contribution < 1.29 is 23.7 Å². The van der Waals surface area contributed by atoms with Gasteiger partial charge in [0.2, 0.25) is 5.91 Å². The molecular formula is C30H35NO5. The average Bonchev–Trinajstić information content (AvgIpc) is 2.90. The van der Waals surface area contributed by atoms with Crippen molar-refractivity contribution in [1.29, 1.82) is 0 Å². The van der Waals surface area contributed by atoms with Crippen LogP contribution in [-0.4, -0.2) is 43.0 Å². The molecule has 1 fully saturated rings. The Morgan fingerprint density at radius 1 is 0.750 bits per heavy atom. The zero-order valence-electron chi connectivity index (χ0n) is 20.9. The van der Waals surface area contributed by atoms with Crippen LogP contribution in [0.2, 0.25) is 0 Å². The summed E-state index contributed by atoms with van der Waals surface area (Å²) in [6.45, 7) is 5.09. The highest BCUT2D eigenvalue weighted by molar-refractivity contribution is 5.73. The predicted octanol–water partition coefficient (Wildman–Crippen LogP) is 4.67. The SMILES string of the molecule is CC(=O)N[C@@H]1[C@@H](OCc2ccccc2)[C@@H](OCc2ccccc2)[C@@H](COCc2ccccc2)O[C@H]1C. The number of carbonyl (C=O) groups excluding carboxylic acids is 1. The van der Waals surface area contributed by atoms with Crippen molar-refractivity contribution in [2.75, 3.05) is 6.61 Å². The van der Waals surface area contributed by atoms with Gasteiger partial charge in [0.15, 0.2) is 0 Å². The standard InChI is InChI=1S/C30H35NO5/c1-22-28(31-23(2)32)30(35-20-26-16-10-5-11-17-26)29(34-19-25-14-8-4-9-15-25)27(36-22)21-33-18-24-12-6-3-7-13-24/h3-17,22,27-30H,18-21H2,1-2H3,(H,31,32)/t22-,27+,28-,29-,30+/m0/s1. The van der Waals surface area contributed by atoms with Crippen LogP contribution in [0.25, 0.3) is 0 Å². The molecule has 0 radical (unpaired) electrons. The minimum Gasteiger partial charge on any atom is -0.374 e. The van der Waals surface area contributed by atoms with E-state index in [1.54, 1.807) is 0 Å². The molecule has 0 unspecified atom stereocenters. The Morgan fingerprint density at radius 3 is 1.72 bits per heavy atom. The van der Waals surface area contributed by atoms with E-state index in [0.29, 0.717) is 26.4 Å². The molecule has 1 saturated heterocycles. The van der Waals surface area contributed by atoms with E-state index >= 15 is 0 Å². The second kappa shape index (κ2) is 13.3. The molecule has 36 heavy (non-hydrogen) atoms. The largest absolute Gasteiger partial charge is 0.374 e. The summed E-state index contributed by atoms with van der Waals surface area (Å²) < 4.78 is 25.4. The fourth-order valence-electron chi connectivity index (χ4n) is 4.49. The molecule has 0 bridgehead atoms. The van der Waals surface area contributed by atoms with Gasteiger partial charge < -0.3 is 24.3 Å². The number of rotatable bonds is 11. The maximum atomic E-state index is 12.1. The summed E-state index contributed by atoms with van der Waals surface area (Å²) in [4.78, 5) is 12.1. The lowest BCUT2D eigenvalue weighted by atomic mass is 9.92. The van der Waals surface area contributed by atoms with Crippen LogP contribution in [0.1, 0.15) is 30.5 Å². The molecule has 5 atom stereocenters. The summed E-state index contributed by atoms with van der Waals surface area (Å²) in [6.07, 6.45) is -1.51. The molecule has 3 aromatic carbocycles. The van der Waals surface area contributed by atoms with E-state index in [0.717, 1.165) is 16.7 Å². The van der Waals surface area contributed by atoms with Gasteiger partial charge in [0.25, 0.3) is 0 Å². The Morgan fingerprint density at radius 2 is 1.22 bits per heavy atom. The number of amides is 1. The summed E-state index contributed by atoms with van der Waals surface area (Å²) in [7, 11) is 0. The van der Waals surface area contributed by atoms with Gasteiger partial charge in [0, 0.05) is 6.92 Å². The number of hydrogen-bond acceptors (Lipinski definition) is 5. The molecule has 4 rings (SSSR count). The molecule has 1 aliphatic rings. The monoisotopic (exact) mass is 489 g/mol. The molecule has 1 aliphatic heterocycles. The van der Waals surface area contributed by atoms with Gasteiger partial charge in [0.05, 0.1) is 38.6 Å². The van der Waals surface area contributed by atoms with Crippen molar-refractivity contribution in [2.24, 2.45) is 0 Å². The molecule has 0 saturated carbocycles. The molecule has 190 valence electrons. The molecule has 0 spiro atoms. The molecule has 1 heterocycles. The summed E-state index contributed by atoms with van der Waals surface area (Å²) >= 11 is 0. The van der Waals surface area contributed by atoms with Crippen molar-refractivity contribution in [1.82, 2.24) is 5.32 Å². The number of hydrogen-bond donors (Lipinski definition) is 1. The van der Waals surface area contributed by atoms with Gasteiger partial charge in [-0.2, -0.15) is 0 Å². The molecule has 1 N–H and O–H groups in total. The van der Waals surface area contributed by atoms with Crippen molar-refractivity contribution in [3.63, 3.8) is 0 Å². The first kappa shape index (κ1) is 26.0. The number of ether oxygens (including phenoxy) is 4. The normalized spacial score (nSPS) is 23.8. The molecule has 3 aromatic rings. The van der Waals surface area contributed by atoms with Gasteiger partial charge in [-0.3, -0.25) is 4.79 Å². The third kappa shape index (κ3) is 7.48. The van der Waals surface area contributed by atoms with Gasteiger partial charge in [0.1, 0.15) is 18.3 Å². The smallest absolute Gasteiger partial charge is 0.217 e. The third-order valence-corrected chi connectivity index (χ3v) is 6.27. The Labute approximate surface area is 213 Å². The van der Waals surface area contributed by atoms with E-state index in [4.69, 9.17) is 18.9 Å². The average molecular weight is 490 g/mol. The summed E-state index contributed by atoms with van der Waals surface area (Å²) in [5.74, 6) is -0.135. The number of carbonyl (C=O) groups is 1. The molecule has 0 aliphatic carbocycles. The van der Waals surface area contributed by atoms with Gasteiger partial charge in [-0.15, -0.1) is 0 Å². The van der Waals surface area contributed by atoms with Crippen molar-refractivity contribution in [3.05, 3.63) is 108 Å². The fourth-order valence-corrected chi connectivity index (χ4v) is 4.49. The van der Waals surface area contributed by atoms with Gasteiger partial charge in [-0.25, -0.2) is 0 Å². The molecule has 6 heteroatoms. The van der Waals surface area contributed by atoms with E-state index < -0.39 is 12.2 Å². The van der Waals surface area contributed by atoms with Crippen LogP contribution in [0.4, 0.5) is 0 Å². The first-order chi connectivity index (χ1) is 17.6. The summed E-state index contributed by atoms with van der Waals surface area (Å²) in [5, 5.41) is 3.04. The Hall–Kier alpha value is -3.03. The molecule has 1 amide bonds. The highest BCUT2D eigenvalue weighted by Gasteiger charge is 2.46. The first-order valence-corrected chi connectivity index (χ1v) is 12.5. The van der Waals surface area contributed by atoms with E-state index in [9.17, 15) is 4.79 Å². The van der Waals surface area contributed by atoms with Crippen LogP contribution >= 0.6 is 0 Å². The predicted molar refractivity (Wildman–Crippen MR) is 138 cm³/mol. The van der Waals surface area contributed by atoms with Gasteiger partial charge in [-0.1, -0.05) is 91.0 Å². The molecule has 6 nitrogen and oxygen atoms in total. The lowest BCUT2D eigenvalue weighted by Crippen LogP contribution is -2.64. The van der Waals surface area contributed by atoms with Crippen LogP contribution in [0.15, 0.2) is 91.0 Å². The van der Waals surface area contributed by atoms with E-state index in [1.807, 2.05) is 97.9 Å². The Bertz CT molecular complexity index is 1050. The van der Waals surface area contributed by atoms with Crippen molar-refractivity contribution in [3.8, 4) is 0 Å².